The summed E-state index contributed by atoms with van der Waals surface area (Å²) in [6.07, 6.45) is 1.69. The number of methoxy groups -OCH3 is 1. The van der Waals surface area contributed by atoms with Gasteiger partial charge in [0.05, 0.1) is 19.6 Å². The number of nitrogens with one attached hydrogen (secondary N) is 2. The highest BCUT2D eigenvalue weighted by molar-refractivity contribution is 5.92. The van der Waals surface area contributed by atoms with Gasteiger partial charge in [-0.15, -0.1) is 0 Å². The van der Waals surface area contributed by atoms with Crippen molar-refractivity contribution in [3.05, 3.63) is 60.4 Å². The quantitative estimate of drug-likeness (QED) is 0.665. The number of ether oxygens (including phenoxy) is 2. The number of amides is 2. The molecule has 148 valence electrons. The molecule has 1 aromatic heterocycles. The van der Waals surface area contributed by atoms with Gasteiger partial charge in [0, 0.05) is 11.8 Å². The van der Waals surface area contributed by atoms with E-state index in [-0.39, 0.29) is 30.9 Å². The van der Waals surface area contributed by atoms with E-state index in [1.54, 1.807) is 48.2 Å². The Morgan fingerprint density at radius 3 is 2.86 bits per heavy atom. The van der Waals surface area contributed by atoms with E-state index < -0.39 is 0 Å². The van der Waals surface area contributed by atoms with Crippen LogP contribution in [0.3, 0.4) is 0 Å². The maximum Gasteiger partial charge on any atom is 0.262 e. The lowest BCUT2D eigenvalue weighted by atomic mass is 10.0. The minimum Gasteiger partial charge on any atom is -0.497 e. The van der Waals surface area contributed by atoms with Gasteiger partial charge < -0.3 is 14.8 Å². The Balaban J connectivity index is 1.36. The number of carbonyl (C=O) groups is 2. The Hall–Kier alpha value is -3.88. The minimum atomic E-state index is -0.279. The number of hydrogen-bond donors (Lipinski definition) is 2. The van der Waals surface area contributed by atoms with Crippen LogP contribution in [0.15, 0.2) is 54.9 Å². The maximum absolute atomic E-state index is 12.1. The summed E-state index contributed by atoms with van der Waals surface area (Å²) < 4.78 is 12.4. The fraction of sp³-hybridized carbons (Fsp3) is 0.200. The van der Waals surface area contributed by atoms with Crippen molar-refractivity contribution >= 4 is 23.5 Å². The minimum absolute atomic E-state index is 0.106. The molecule has 0 aliphatic carbocycles. The molecule has 0 bridgehead atoms. The average molecular weight is 393 g/mol. The zero-order chi connectivity index (χ0) is 20.2. The second-order valence-corrected chi connectivity index (χ2v) is 6.43. The van der Waals surface area contributed by atoms with Gasteiger partial charge in [0.2, 0.25) is 11.9 Å². The first kappa shape index (κ1) is 18.5. The molecular formula is C20H19N5O4. The number of rotatable bonds is 6. The third kappa shape index (κ3) is 4.18. The van der Waals surface area contributed by atoms with Gasteiger partial charge in [0.15, 0.2) is 6.61 Å². The van der Waals surface area contributed by atoms with Crippen LogP contribution in [0.1, 0.15) is 18.0 Å². The molecular weight excluding hydrogens is 374 g/mol. The summed E-state index contributed by atoms with van der Waals surface area (Å²) in [7, 11) is 1.57. The third-order valence-electron chi connectivity index (χ3n) is 4.49. The summed E-state index contributed by atoms with van der Waals surface area (Å²) in [5.74, 6) is 1.25. The Bertz CT molecular complexity index is 1030. The molecule has 9 heteroatoms. The zero-order valence-electron chi connectivity index (χ0n) is 15.7. The molecule has 1 aliphatic heterocycles. The van der Waals surface area contributed by atoms with E-state index in [0.717, 1.165) is 5.56 Å². The third-order valence-corrected chi connectivity index (χ3v) is 4.49. The van der Waals surface area contributed by atoms with Crippen molar-refractivity contribution in [2.75, 3.05) is 24.4 Å². The van der Waals surface area contributed by atoms with Gasteiger partial charge in [-0.25, -0.2) is 4.68 Å². The van der Waals surface area contributed by atoms with E-state index in [4.69, 9.17) is 9.47 Å². The highest BCUT2D eigenvalue weighted by Gasteiger charge is 2.27. The van der Waals surface area contributed by atoms with Crippen LogP contribution in [0.2, 0.25) is 0 Å². The van der Waals surface area contributed by atoms with Crippen molar-refractivity contribution < 1.29 is 19.1 Å². The van der Waals surface area contributed by atoms with E-state index in [1.807, 2.05) is 12.1 Å². The van der Waals surface area contributed by atoms with Crippen molar-refractivity contribution in [1.82, 2.24) is 14.8 Å². The number of benzene rings is 2. The smallest absolute Gasteiger partial charge is 0.262 e. The van der Waals surface area contributed by atoms with Crippen LogP contribution in [0.25, 0.3) is 0 Å². The molecule has 0 saturated carbocycles. The average Bonchev–Trinajstić information content (AvgIpc) is 3.20. The van der Waals surface area contributed by atoms with Crippen LogP contribution < -0.4 is 20.1 Å². The van der Waals surface area contributed by atoms with Crippen molar-refractivity contribution in [3.63, 3.8) is 0 Å². The molecule has 2 heterocycles. The number of anilines is 2. The van der Waals surface area contributed by atoms with E-state index in [1.165, 1.54) is 6.33 Å². The standard InChI is InChI=1S/C20H19N5O4/c1-28-16-4-2-3-14(9-16)23-19(27)11-29-15-7-5-13(6-8-15)17-10-18(26)24-20-21-12-22-25(17)20/h2-9,12,17H,10-11H2,1H3,(H,23,27)(H,21,22,24,26)/t17-/m1/s1. The number of carbonyl (C=O) groups excluding carboxylic acids is 2. The lowest BCUT2D eigenvalue weighted by Gasteiger charge is -2.23. The van der Waals surface area contributed by atoms with Crippen LogP contribution in [0.4, 0.5) is 11.6 Å². The van der Waals surface area contributed by atoms with Crippen LogP contribution >= 0.6 is 0 Å². The molecule has 2 aromatic carbocycles. The molecule has 0 radical (unpaired) electrons. The second kappa shape index (κ2) is 8.01. The number of nitrogens with zero attached hydrogens (tertiary/aromatic N) is 3. The summed E-state index contributed by atoms with van der Waals surface area (Å²) in [6, 6.07) is 14.1. The molecule has 0 saturated heterocycles. The van der Waals surface area contributed by atoms with Gasteiger partial charge in [-0.05, 0) is 29.8 Å². The van der Waals surface area contributed by atoms with Crippen molar-refractivity contribution in [3.8, 4) is 11.5 Å². The lowest BCUT2D eigenvalue weighted by Crippen LogP contribution is -2.29. The van der Waals surface area contributed by atoms with E-state index in [9.17, 15) is 9.59 Å². The lowest BCUT2D eigenvalue weighted by molar-refractivity contribution is -0.118. The molecule has 2 amide bonds. The predicted octanol–water partition coefficient (Wildman–Crippen LogP) is 2.24. The Labute approximate surface area is 166 Å². The molecule has 9 nitrogen and oxygen atoms in total. The molecule has 4 rings (SSSR count). The van der Waals surface area contributed by atoms with Crippen molar-refractivity contribution in [2.45, 2.75) is 12.5 Å². The molecule has 0 spiro atoms. The van der Waals surface area contributed by atoms with Crippen LogP contribution in [-0.2, 0) is 9.59 Å². The van der Waals surface area contributed by atoms with E-state index in [0.29, 0.717) is 23.1 Å². The van der Waals surface area contributed by atoms with E-state index >= 15 is 0 Å². The van der Waals surface area contributed by atoms with Gasteiger partial charge in [-0.3, -0.25) is 14.9 Å². The molecule has 0 unspecified atom stereocenters. The van der Waals surface area contributed by atoms with Gasteiger partial charge in [-0.1, -0.05) is 18.2 Å². The summed E-state index contributed by atoms with van der Waals surface area (Å²) in [6.45, 7) is -0.129. The van der Waals surface area contributed by atoms with Gasteiger partial charge in [0.1, 0.15) is 17.8 Å². The highest BCUT2D eigenvalue weighted by atomic mass is 16.5. The van der Waals surface area contributed by atoms with E-state index in [2.05, 4.69) is 20.7 Å². The molecule has 2 N–H and O–H groups in total. The van der Waals surface area contributed by atoms with Crippen LogP contribution in [0, 0.1) is 0 Å². The molecule has 0 fully saturated rings. The predicted molar refractivity (Wildman–Crippen MR) is 105 cm³/mol. The van der Waals surface area contributed by atoms with Crippen LogP contribution in [0.5, 0.6) is 11.5 Å². The second-order valence-electron chi connectivity index (χ2n) is 6.43. The van der Waals surface area contributed by atoms with Gasteiger partial charge in [0.25, 0.3) is 5.91 Å². The Morgan fingerprint density at radius 2 is 2.07 bits per heavy atom. The fourth-order valence-corrected chi connectivity index (χ4v) is 3.10. The number of aromatic nitrogens is 3. The first-order valence-electron chi connectivity index (χ1n) is 8.98. The SMILES string of the molecule is COc1cccc(NC(=O)COc2ccc([C@H]3CC(=O)Nc4ncnn43)cc2)c1. The summed E-state index contributed by atoms with van der Waals surface area (Å²) >= 11 is 0. The fourth-order valence-electron chi connectivity index (χ4n) is 3.10. The topological polar surface area (TPSA) is 107 Å². The van der Waals surface area contributed by atoms with Crippen molar-refractivity contribution in [1.29, 1.82) is 0 Å². The van der Waals surface area contributed by atoms with Crippen molar-refractivity contribution in [2.24, 2.45) is 0 Å². The van der Waals surface area contributed by atoms with Crippen LogP contribution in [-0.4, -0.2) is 40.3 Å². The number of hydrogen-bond acceptors (Lipinski definition) is 6. The first-order valence-corrected chi connectivity index (χ1v) is 8.98. The monoisotopic (exact) mass is 393 g/mol. The maximum atomic E-state index is 12.1. The normalized spacial score (nSPS) is 15.2. The highest BCUT2D eigenvalue weighted by Crippen LogP contribution is 2.29. The zero-order valence-corrected chi connectivity index (χ0v) is 15.7. The summed E-state index contributed by atoms with van der Waals surface area (Å²) in [4.78, 5) is 28.0. The Kier molecular flexibility index (Phi) is 5.10. The van der Waals surface area contributed by atoms with Gasteiger partial charge in [-0.2, -0.15) is 10.1 Å². The molecule has 29 heavy (non-hydrogen) atoms. The number of fused-ring (bicyclic) bond motifs is 1. The first-order chi connectivity index (χ1) is 14.1. The molecule has 1 aliphatic rings. The largest absolute Gasteiger partial charge is 0.497 e. The molecule has 1 atom stereocenters. The molecule has 3 aromatic rings. The summed E-state index contributed by atoms with van der Waals surface area (Å²) in [5.41, 5.74) is 1.53. The summed E-state index contributed by atoms with van der Waals surface area (Å²) in [5, 5.41) is 9.62. The Morgan fingerprint density at radius 1 is 1.24 bits per heavy atom. The van der Waals surface area contributed by atoms with Gasteiger partial charge >= 0.3 is 0 Å².